The quantitative estimate of drug-likeness (QED) is 0.752. The molecule has 20 heavy (non-hydrogen) atoms. The van der Waals surface area contributed by atoms with Crippen LogP contribution in [0.5, 0.6) is 0 Å². The van der Waals surface area contributed by atoms with Crippen LogP contribution in [0.3, 0.4) is 0 Å². The van der Waals surface area contributed by atoms with Gasteiger partial charge in [-0.1, -0.05) is 43.7 Å². The number of allylic oxidation sites excluding steroid dienone is 2. The summed E-state index contributed by atoms with van der Waals surface area (Å²) in [5.41, 5.74) is 4.56. The maximum absolute atomic E-state index is 11.9. The minimum atomic E-state index is 0.148. The molecular weight excluding hydrogens is 244 g/mol. The molecule has 1 atom stereocenters. The molecular formula is C19H24O. The van der Waals surface area contributed by atoms with E-state index in [4.69, 9.17) is 0 Å². The van der Waals surface area contributed by atoms with Gasteiger partial charge in [0.1, 0.15) is 0 Å². The van der Waals surface area contributed by atoms with Gasteiger partial charge in [0, 0.05) is 6.42 Å². The number of aryl methyl sites for hydroxylation is 1. The van der Waals surface area contributed by atoms with Crippen LogP contribution in [0.15, 0.2) is 35.9 Å². The van der Waals surface area contributed by atoms with Crippen molar-refractivity contribution in [2.75, 3.05) is 0 Å². The molecule has 2 aliphatic carbocycles. The fourth-order valence-corrected chi connectivity index (χ4v) is 3.99. The highest BCUT2D eigenvalue weighted by atomic mass is 16.1. The zero-order valence-electron chi connectivity index (χ0n) is 12.6. The van der Waals surface area contributed by atoms with Crippen LogP contribution >= 0.6 is 0 Å². The summed E-state index contributed by atoms with van der Waals surface area (Å²) in [6, 6.07) is 8.86. The number of fused-ring (bicyclic) bond motifs is 1. The van der Waals surface area contributed by atoms with Crippen LogP contribution in [-0.2, 0) is 11.2 Å². The number of hydrogen-bond donors (Lipinski definition) is 0. The fourth-order valence-electron chi connectivity index (χ4n) is 3.99. The first-order chi connectivity index (χ1) is 9.53. The Labute approximate surface area is 122 Å². The lowest BCUT2D eigenvalue weighted by Gasteiger charge is -2.32. The molecule has 0 radical (unpaired) electrons. The first-order valence-corrected chi connectivity index (χ1v) is 7.84. The predicted molar refractivity (Wildman–Crippen MR) is 82.8 cm³/mol. The molecule has 0 heterocycles. The zero-order valence-corrected chi connectivity index (χ0v) is 12.6. The number of carbonyl (C=O) groups is 1. The third-order valence-corrected chi connectivity index (χ3v) is 4.73. The summed E-state index contributed by atoms with van der Waals surface area (Å²) in [5, 5.41) is 0. The first-order valence-electron chi connectivity index (χ1n) is 7.84. The molecule has 0 fully saturated rings. The molecule has 2 aliphatic rings. The summed E-state index contributed by atoms with van der Waals surface area (Å²) < 4.78 is 0. The number of rotatable bonds is 2. The highest BCUT2D eigenvalue weighted by Crippen LogP contribution is 2.41. The van der Waals surface area contributed by atoms with Gasteiger partial charge in [-0.15, -0.1) is 0 Å². The fraction of sp³-hybridized carbons (Fsp3) is 0.526. The van der Waals surface area contributed by atoms with Gasteiger partial charge in [-0.2, -0.15) is 0 Å². The van der Waals surface area contributed by atoms with Gasteiger partial charge in [0.05, 0.1) is 0 Å². The van der Waals surface area contributed by atoms with Crippen LogP contribution in [-0.4, -0.2) is 5.78 Å². The molecule has 3 rings (SSSR count). The van der Waals surface area contributed by atoms with Gasteiger partial charge in [-0.25, -0.2) is 0 Å². The molecule has 0 saturated carbocycles. The maximum atomic E-state index is 11.9. The standard InChI is InChI=1S/C19H24O/c1-19(2)12-14(11-17(20)13-19)10-16-8-5-7-15-6-3-4-9-18(15)16/h3-4,6,9,11,16H,5,7-8,10,12-13H2,1-2H3. The van der Waals surface area contributed by atoms with Crippen molar-refractivity contribution in [1.29, 1.82) is 0 Å². The van der Waals surface area contributed by atoms with E-state index in [0.29, 0.717) is 18.1 Å². The molecule has 1 unspecified atom stereocenters. The summed E-state index contributed by atoms with van der Waals surface area (Å²) in [6.45, 7) is 4.43. The number of benzene rings is 1. The van der Waals surface area contributed by atoms with Gasteiger partial charge in [0.15, 0.2) is 5.78 Å². The molecule has 1 aromatic rings. The molecule has 0 amide bonds. The Kier molecular flexibility index (Phi) is 3.54. The van der Waals surface area contributed by atoms with Gasteiger partial charge in [0.2, 0.25) is 0 Å². The number of ketones is 1. The zero-order chi connectivity index (χ0) is 14.2. The SMILES string of the molecule is CC1(C)CC(=O)C=C(CC2CCCc3ccccc32)C1. The number of hydrogen-bond acceptors (Lipinski definition) is 1. The Morgan fingerprint density at radius 2 is 2.00 bits per heavy atom. The Morgan fingerprint density at radius 1 is 1.20 bits per heavy atom. The van der Waals surface area contributed by atoms with Gasteiger partial charge in [-0.05, 0) is 60.6 Å². The molecule has 0 spiro atoms. The average molecular weight is 268 g/mol. The summed E-state index contributed by atoms with van der Waals surface area (Å²) in [5.74, 6) is 0.938. The highest BCUT2D eigenvalue weighted by molar-refractivity contribution is 5.91. The van der Waals surface area contributed by atoms with E-state index in [1.807, 2.05) is 6.08 Å². The molecule has 0 N–H and O–H groups in total. The summed E-state index contributed by atoms with van der Waals surface area (Å²) >= 11 is 0. The second kappa shape index (κ2) is 5.20. The van der Waals surface area contributed by atoms with Crippen LogP contribution in [0.2, 0.25) is 0 Å². The van der Waals surface area contributed by atoms with E-state index in [1.54, 1.807) is 0 Å². The Hall–Kier alpha value is -1.37. The van der Waals surface area contributed by atoms with Gasteiger partial charge in [-0.3, -0.25) is 4.79 Å². The summed E-state index contributed by atoms with van der Waals surface area (Å²) in [7, 11) is 0. The third kappa shape index (κ3) is 2.87. The van der Waals surface area contributed by atoms with E-state index >= 15 is 0 Å². The van der Waals surface area contributed by atoms with Crippen LogP contribution in [0, 0.1) is 5.41 Å². The predicted octanol–water partition coefficient (Wildman–Crippen LogP) is 4.81. The van der Waals surface area contributed by atoms with Gasteiger partial charge < -0.3 is 0 Å². The molecule has 0 aliphatic heterocycles. The first kappa shape index (κ1) is 13.6. The lowest BCUT2D eigenvalue weighted by molar-refractivity contribution is -0.117. The molecule has 106 valence electrons. The van der Waals surface area contributed by atoms with Crippen molar-refractivity contribution in [2.24, 2.45) is 5.41 Å². The minimum Gasteiger partial charge on any atom is -0.295 e. The Bertz CT molecular complexity index is 551. The lowest BCUT2D eigenvalue weighted by atomic mass is 9.72. The molecule has 1 aromatic carbocycles. The van der Waals surface area contributed by atoms with Crippen molar-refractivity contribution in [2.45, 2.75) is 58.3 Å². The smallest absolute Gasteiger partial charge is 0.156 e. The van der Waals surface area contributed by atoms with E-state index in [9.17, 15) is 4.79 Å². The highest BCUT2D eigenvalue weighted by Gasteiger charge is 2.29. The molecule has 0 saturated heterocycles. The Balaban J connectivity index is 1.81. The maximum Gasteiger partial charge on any atom is 0.156 e. The van der Waals surface area contributed by atoms with E-state index in [1.165, 1.54) is 36.0 Å². The van der Waals surface area contributed by atoms with E-state index in [2.05, 4.69) is 38.1 Å². The van der Waals surface area contributed by atoms with E-state index in [0.717, 1.165) is 12.8 Å². The van der Waals surface area contributed by atoms with Gasteiger partial charge in [0.25, 0.3) is 0 Å². The summed E-state index contributed by atoms with van der Waals surface area (Å²) in [4.78, 5) is 11.9. The van der Waals surface area contributed by atoms with Crippen molar-refractivity contribution in [1.82, 2.24) is 0 Å². The van der Waals surface area contributed by atoms with Crippen LogP contribution < -0.4 is 0 Å². The lowest BCUT2D eigenvalue weighted by Crippen LogP contribution is -2.23. The van der Waals surface area contributed by atoms with Crippen molar-refractivity contribution in [3.8, 4) is 0 Å². The minimum absolute atomic E-state index is 0.148. The Morgan fingerprint density at radius 3 is 2.80 bits per heavy atom. The van der Waals surface area contributed by atoms with Crippen molar-refractivity contribution < 1.29 is 4.79 Å². The topological polar surface area (TPSA) is 17.1 Å². The monoisotopic (exact) mass is 268 g/mol. The molecule has 0 aromatic heterocycles. The third-order valence-electron chi connectivity index (χ3n) is 4.73. The van der Waals surface area contributed by atoms with Crippen LogP contribution in [0.1, 0.15) is 63.0 Å². The normalized spacial score (nSPS) is 25.0. The van der Waals surface area contributed by atoms with Crippen LogP contribution in [0.4, 0.5) is 0 Å². The second-order valence-electron chi connectivity index (χ2n) is 7.28. The number of carbonyl (C=O) groups excluding carboxylic acids is 1. The van der Waals surface area contributed by atoms with Crippen molar-refractivity contribution in [3.05, 3.63) is 47.0 Å². The average Bonchev–Trinajstić information content (AvgIpc) is 2.37. The summed E-state index contributed by atoms with van der Waals surface area (Å²) in [6.07, 6.45) is 8.56. The molecule has 1 nitrogen and oxygen atoms in total. The second-order valence-corrected chi connectivity index (χ2v) is 7.28. The van der Waals surface area contributed by atoms with E-state index in [-0.39, 0.29) is 5.41 Å². The molecule has 1 heteroatoms. The van der Waals surface area contributed by atoms with Crippen LogP contribution in [0.25, 0.3) is 0 Å². The van der Waals surface area contributed by atoms with E-state index < -0.39 is 0 Å². The molecule has 0 bridgehead atoms. The largest absolute Gasteiger partial charge is 0.295 e. The van der Waals surface area contributed by atoms with Gasteiger partial charge >= 0.3 is 0 Å². The van der Waals surface area contributed by atoms with Crippen molar-refractivity contribution in [3.63, 3.8) is 0 Å². The van der Waals surface area contributed by atoms with Crippen molar-refractivity contribution >= 4 is 5.78 Å².